The van der Waals surface area contributed by atoms with Gasteiger partial charge in [0.1, 0.15) is 5.60 Å². The minimum absolute atomic E-state index is 0.0713. The lowest BCUT2D eigenvalue weighted by Crippen LogP contribution is -2.35. The van der Waals surface area contributed by atoms with E-state index in [0.717, 1.165) is 5.56 Å². The molecule has 0 aliphatic carbocycles. The molecule has 0 spiro atoms. The molecule has 1 aromatic heterocycles. The van der Waals surface area contributed by atoms with Gasteiger partial charge in [-0.25, -0.2) is 9.78 Å². The Morgan fingerprint density at radius 1 is 1.17 bits per heavy atom. The van der Waals surface area contributed by atoms with Crippen molar-refractivity contribution < 1.29 is 28.6 Å². The quantitative estimate of drug-likeness (QED) is 0.471. The Labute approximate surface area is 211 Å². The summed E-state index contributed by atoms with van der Waals surface area (Å²) in [6.07, 6.45) is 3.50. The van der Waals surface area contributed by atoms with Crippen LogP contribution in [0.4, 0.5) is 10.5 Å². The second-order valence-electron chi connectivity index (χ2n) is 9.60. The second-order valence-corrected chi connectivity index (χ2v) is 9.60. The van der Waals surface area contributed by atoms with E-state index >= 15 is 0 Å². The lowest BCUT2D eigenvalue weighted by molar-refractivity contribution is -0.139. The number of pyridine rings is 1. The first-order chi connectivity index (χ1) is 17.0. The lowest BCUT2D eigenvalue weighted by Gasteiger charge is -2.24. The van der Waals surface area contributed by atoms with E-state index in [9.17, 15) is 14.4 Å². The highest BCUT2D eigenvalue weighted by molar-refractivity contribution is 5.98. The summed E-state index contributed by atoms with van der Waals surface area (Å²) in [5.74, 6) is -0.677. The first kappa shape index (κ1) is 26.7. The summed E-state index contributed by atoms with van der Waals surface area (Å²) >= 11 is 0. The number of hydrogen-bond donors (Lipinski definition) is 2. The van der Waals surface area contributed by atoms with Crippen molar-refractivity contribution in [3.8, 4) is 17.0 Å². The fraction of sp³-hybridized carbons (Fsp3) is 0.407. The number of fused-ring (bicyclic) bond motifs is 4. The van der Waals surface area contributed by atoms with E-state index in [1.807, 2.05) is 18.2 Å². The largest absolute Gasteiger partial charge is 0.481 e. The van der Waals surface area contributed by atoms with Crippen LogP contribution in [-0.4, -0.2) is 42.8 Å². The molecule has 192 valence electrons. The summed E-state index contributed by atoms with van der Waals surface area (Å²) in [5.41, 5.74) is 2.59. The van der Waals surface area contributed by atoms with E-state index < -0.39 is 23.7 Å². The topological polar surface area (TPSA) is 116 Å². The van der Waals surface area contributed by atoms with Crippen LogP contribution in [0.2, 0.25) is 0 Å². The van der Waals surface area contributed by atoms with Gasteiger partial charge in [-0.3, -0.25) is 9.59 Å². The first-order valence-electron chi connectivity index (χ1n) is 11.7. The summed E-state index contributed by atoms with van der Waals surface area (Å²) in [7, 11) is 2.84. The van der Waals surface area contributed by atoms with E-state index in [1.54, 1.807) is 52.0 Å². The third-order valence-corrected chi connectivity index (χ3v) is 5.52. The minimum atomic E-state index is -0.661. The van der Waals surface area contributed by atoms with Crippen LogP contribution in [0.15, 0.2) is 42.5 Å². The number of carbonyl (C=O) groups excluding carboxylic acids is 3. The average molecular weight is 496 g/mol. The van der Waals surface area contributed by atoms with E-state index in [2.05, 4.69) is 15.6 Å². The maximum Gasteiger partial charge on any atom is 0.408 e. The SMILES string of the molecule is COC(=O)Cc1ccc2c(c1)NC(=O)[C@H](C)/C=C/C[C@H](NC(=O)OC(C)(C)C)c1cc-2cc(OC)n1. The van der Waals surface area contributed by atoms with Crippen molar-refractivity contribution in [1.82, 2.24) is 10.3 Å². The molecule has 0 saturated carbocycles. The number of aromatic nitrogens is 1. The molecule has 2 bridgehead atoms. The van der Waals surface area contributed by atoms with Crippen LogP contribution in [-0.2, 0) is 25.5 Å². The number of nitrogens with one attached hydrogen (secondary N) is 2. The van der Waals surface area contributed by atoms with Crippen molar-refractivity contribution in [1.29, 1.82) is 0 Å². The van der Waals surface area contributed by atoms with Crippen LogP contribution in [0.5, 0.6) is 5.88 Å². The van der Waals surface area contributed by atoms with Gasteiger partial charge in [0.2, 0.25) is 11.8 Å². The molecule has 36 heavy (non-hydrogen) atoms. The number of amides is 2. The van der Waals surface area contributed by atoms with Crippen molar-refractivity contribution in [3.63, 3.8) is 0 Å². The predicted molar refractivity (Wildman–Crippen MR) is 136 cm³/mol. The normalized spacial score (nSPS) is 18.4. The number of ether oxygens (including phenoxy) is 3. The van der Waals surface area contributed by atoms with Gasteiger partial charge < -0.3 is 24.8 Å². The zero-order chi connectivity index (χ0) is 26.5. The van der Waals surface area contributed by atoms with Gasteiger partial charge in [0.25, 0.3) is 0 Å². The summed E-state index contributed by atoms with van der Waals surface area (Å²) in [6, 6.07) is 8.46. The molecule has 2 heterocycles. The number of rotatable bonds is 4. The highest BCUT2D eigenvalue weighted by atomic mass is 16.6. The molecule has 0 radical (unpaired) electrons. The van der Waals surface area contributed by atoms with Gasteiger partial charge in [-0.2, -0.15) is 0 Å². The monoisotopic (exact) mass is 495 g/mol. The van der Waals surface area contributed by atoms with Crippen LogP contribution in [0.25, 0.3) is 11.1 Å². The third-order valence-electron chi connectivity index (χ3n) is 5.52. The zero-order valence-electron chi connectivity index (χ0n) is 21.5. The molecule has 9 nitrogen and oxygen atoms in total. The Bertz CT molecular complexity index is 1170. The summed E-state index contributed by atoms with van der Waals surface area (Å²) in [4.78, 5) is 42.0. The number of methoxy groups -OCH3 is 2. The van der Waals surface area contributed by atoms with Gasteiger partial charge in [-0.15, -0.1) is 0 Å². The fourth-order valence-corrected chi connectivity index (χ4v) is 3.72. The van der Waals surface area contributed by atoms with Crippen molar-refractivity contribution in [2.45, 2.75) is 52.2 Å². The fourth-order valence-electron chi connectivity index (χ4n) is 3.72. The van der Waals surface area contributed by atoms with Crippen molar-refractivity contribution in [2.24, 2.45) is 5.92 Å². The summed E-state index contributed by atoms with van der Waals surface area (Å²) < 4.78 is 15.7. The highest BCUT2D eigenvalue weighted by Crippen LogP contribution is 2.34. The number of carbonyl (C=O) groups is 3. The van der Waals surface area contributed by atoms with Crippen molar-refractivity contribution in [2.75, 3.05) is 19.5 Å². The van der Waals surface area contributed by atoms with Crippen LogP contribution >= 0.6 is 0 Å². The summed E-state index contributed by atoms with van der Waals surface area (Å²) in [6.45, 7) is 7.16. The summed E-state index contributed by atoms with van der Waals surface area (Å²) in [5, 5.41) is 5.87. The average Bonchev–Trinajstić information content (AvgIpc) is 2.81. The maximum absolute atomic E-state index is 13.0. The molecule has 2 aromatic rings. The van der Waals surface area contributed by atoms with Gasteiger partial charge in [0.15, 0.2) is 0 Å². The molecule has 3 rings (SSSR count). The predicted octanol–water partition coefficient (Wildman–Crippen LogP) is 4.57. The molecule has 0 saturated heterocycles. The Hall–Kier alpha value is -3.88. The van der Waals surface area contributed by atoms with Crippen LogP contribution in [0.1, 0.15) is 51.4 Å². The molecule has 1 aliphatic rings. The Kier molecular flexibility index (Phi) is 8.34. The number of alkyl carbamates (subject to hydrolysis) is 1. The van der Waals surface area contributed by atoms with Crippen LogP contribution < -0.4 is 15.4 Å². The molecule has 1 aliphatic heterocycles. The number of benzene rings is 1. The molecule has 1 aromatic carbocycles. The first-order valence-corrected chi connectivity index (χ1v) is 11.7. The molecule has 2 amide bonds. The molecule has 2 N–H and O–H groups in total. The van der Waals surface area contributed by atoms with E-state index in [4.69, 9.17) is 14.2 Å². The lowest BCUT2D eigenvalue weighted by atomic mass is 9.97. The van der Waals surface area contributed by atoms with Gasteiger partial charge >= 0.3 is 12.1 Å². The number of anilines is 1. The molecule has 9 heteroatoms. The second kappa shape index (κ2) is 11.2. The smallest absolute Gasteiger partial charge is 0.408 e. The molecule has 2 atom stereocenters. The maximum atomic E-state index is 13.0. The Morgan fingerprint density at radius 2 is 1.92 bits per heavy atom. The third kappa shape index (κ3) is 7.07. The van der Waals surface area contributed by atoms with Gasteiger partial charge in [-0.05, 0) is 50.5 Å². The van der Waals surface area contributed by atoms with E-state index in [0.29, 0.717) is 34.8 Å². The van der Waals surface area contributed by atoms with Crippen LogP contribution in [0.3, 0.4) is 0 Å². The number of nitrogens with zero attached hydrogens (tertiary/aromatic N) is 1. The minimum Gasteiger partial charge on any atom is -0.481 e. The number of esters is 1. The number of hydrogen-bond acceptors (Lipinski definition) is 7. The molecule has 0 unspecified atom stereocenters. The Morgan fingerprint density at radius 3 is 2.58 bits per heavy atom. The van der Waals surface area contributed by atoms with Gasteiger partial charge in [0.05, 0.1) is 38.3 Å². The molecular weight excluding hydrogens is 462 g/mol. The van der Waals surface area contributed by atoms with E-state index in [-0.39, 0.29) is 18.3 Å². The highest BCUT2D eigenvalue weighted by Gasteiger charge is 2.24. The standard InChI is InChI=1S/C27H33N3O6/c1-16-8-7-9-20(30-26(33)36-27(2,3)4)22-14-18(15-23(28-22)34-5)19-11-10-17(13-24(31)35-6)12-21(19)29-25(16)32/h7-8,10-12,14-16,20H,9,13H2,1-6H3,(H,29,32)(H,30,33)/b8-7+/t16-,20+/m1/s1. The van der Waals surface area contributed by atoms with Gasteiger partial charge in [-0.1, -0.05) is 31.2 Å². The zero-order valence-corrected chi connectivity index (χ0v) is 21.5. The van der Waals surface area contributed by atoms with Crippen molar-refractivity contribution in [3.05, 3.63) is 53.7 Å². The van der Waals surface area contributed by atoms with Crippen LogP contribution in [0, 0.1) is 5.92 Å². The molecule has 0 fully saturated rings. The molecular formula is C27H33N3O6. The van der Waals surface area contributed by atoms with E-state index in [1.165, 1.54) is 14.2 Å². The van der Waals surface area contributed by atoms with Crippen molar-refractivity contribution >= 4 is 23.7 Å². The Balaban J connectivity index is 2.12. The van der Waals surface area contributed by atoms with Gasteiger partial charge in [0, 0.05) is 17.3 Å².